The van der Waals surface area contributed by atoms with Crippen LogP contribution < -0.4 is 9.47 Å². The Morgan fingerprint density at radius 2 is 1.90 bits per heavy atom. The van der Waals surface area contributed by atoms with E-state index in [0.717, 1.165) is 0 Å². The summed E-state index contributed by atoms with van der Waals surface area (Å²) in [5, 5.41) is 10.9. The fraction of sp³-hybridized carbons (Fsp3) is 0.143. The first-order valence-corrected chi connectivity index (χ1v) is 6.84. The molecule has 0 bridgehead atoms. The number of nitro groups is 1. The van der Waals surface area contributed by atoms with Gasteiger partial charge in [0.05, 0.1) is 16.0 Å². The summed E-state index contributed by atoms with van der Waals surface area (Å²) in [5.74, 6) is 0.259. The lowest BCUT2D eigenvalue weighted by atomic mass is 10.2. The molecule has 21 heavy (non-hydrogen) atoms. The monoisotopic (exact) mass is 355 g/mol. The zero-order chi connectivity index (χ0) is 15.4. The summed E-state index contributed by atoms with van der Waals surface area (Å²) < 4.78 is 24.4. The summed E-state index contributed by atoms with van der Waals surface area (Å²) in [6, 6.07) is 8.43. The van der Waals surface area contributed by atoms with Crippen LogP contribution in [-0.4, -0.2) is 11.5 Å². The second-order valence-corrected chi connectivity index (χ2v) is 4.85. The molecule has 0 aliphatic heterocycles. The maximum atomic E-state index is 13.4. The quantitative estimate of drug-likeness (QED) is 0.576. The Bertz CT molecular complexity index is 678. The highest BCUT2D eigenvalue weighted by atomic mass is 79.9. The highest BCUT2D eigenvalue weighted by Crippen LogP contribution is 2.33. The number of benzene rings is 2. The second kappa shape index (κ2) is 6.53. The van der Waals surface area contributed by atoms with Gasteiger partial charge in [0.15, 0.2) is 0 Å². The Morgan fingerprint density at radius 1 is 1.24 bits per heavy atom. The molecule has 0 aliphatic rings. The average Bonchev–Trinajstić information content (AvgIpc) is 2.43. The van der Waals surface area contributed by atoms with Crippen molar-refractivity contribution in [3.63, 3.8) is 0 Å². The number of nitrogens with zero attached hydrogens (tertiary/aromatic N) is 1. The van der Waals surface area contributed by atoms with Crippen molar-refractivity contribution in [3.8, 4) is 17.2 Å². The Labute approximate surface area is 128 Å². The Morgan fingerprint density at radius 3 is 2.52 bits per heavy atom. The molecule has 0 N–H and O–H groups in total. The largest absolute Gasteiger partial charge is 0.487 e. The van der Waals surface area contributed by atoms with Crippen molar-refractivity contribution in [2.45, 2.75) is 6.92 Å². The molecule has 2 aromatic rings. The molecule has 0 spiro atoms. The fourth-order valence-corrected chi connectivity index (χ4v) is 1.90. The number of rotatable bonds is 5. The third-order valence-corrected chi connectivity index (χ3v) is 3.20. The molecular weight excluding hydrogens is 345 g/mol. The van der Waals surface area contributed by atoms with Gasteiger partial charge in [0, 0.05) is 18.2 Å². The maximum Gasteiger partial charge on any atom is 0.311 e. The average molecular weight is 356 g/mol. The van der Waals surface area contributed by atoms with Crippen molar-refractivity contribution in [1.29, 1.82) is 0 Å². The van der Waals surface area contributed by atoms with E-state index >= 15 is 0 Å². The predicted molar refractivity (Wildman–Crippen MR) is 78.4 cm³/mol. The summed E-state index contributed by atoms with van der Waals surface area (Å²) in [4.78, 5) is 10.3. The summed E-state index contributed by atoms with van der Waals surface area (Å²) in [5.41, 5.74) is -0.147. The van der Waals surface area contributed by atoms with E-state index in [2.05, 4.69) is 15.9 Å². The minimum Gasteiger partial charge on any atom is -0.487 e. The van der Waals surface area contributed by atoms with E-state index in [-0.39, 0.29) is 23.8 Å². The first-order valence-electron chi connectivity index (χ1n) is 6.05. The van der Waals surface area contributed by atoms with E-state index in [1.807, 2.05) is 0 Å². The molecule has 7 heteroatoms. The third-order valence-electron chi connectivity index (χ3n) is 2.55. The van der Waals surface area contributed by atoms with Crippen molar-refractivity contribution in [2.24, 2.45) is 0 Å². The van der Waals surface area contributed by atoms with Gasteiger partial charge in [0.1, 0.15) is 17.3 Å². The molecule has 0 unspecified atom stereocenters. The molecule has 0 aliphatic carbocycles. The smallest absolute Gasteiger partial charge is 0.311 e. The van der Waals surface area contributed by atoms with Crippen LogP contribution in [0.3, 0.4) is 0 Å². The number of ether oxygens (including phenoxy) is 2. The Balaban J connectivity index is 2.29. The molecule has 0 aromatic heterocycles. The van der Waals surface area contributed by atoms with Gasteiger partial charge in [-0.25, -0.2) is 4.39 Å². The summed E-state index contributed by atoms with van der Waals surface area (Å²) >= 11 is 3.05. The first kappa shape index (κ1) is 15.2. The maximum absolute atomic E-state index is 13.4. The lowest BCUT2D eigenvalue weighted by molar-refractivity contribution is -0.385. The topological polar surface area (TPSA) is 61.6 Å². The molecule has 5 nitrogen and oxygen atoms in total. The van der Waals surface area contributed by atoms with Crippen LogP contribution in [0, 0.1) is 15.9 Å². The van der Waals surface area contributed by atoms with Crippen molar-refractivity contribution in [3.05, 3.63) is 56.8 Å². The molecule has 110 valence electrons. The minimum absolute atomic E-state index is 0.109. The van der Waals surface area contributed by atoms with Gasteiger partial charge < -0.3 is 9.47 Å². The van der Waals surface area contributed by atoms with Crippen LogP contribution in [-0.2, 0) is 0 Å². The van der Waals surface area contributed by atoms with Crippen molar-refractivity contribution in [1.82, 2.24) is 0 Å². The molecular formula is C14H11BrFNO4. The number of halogens is 2. The SMILES string of the molecule is CCOc1cc(Oc2ccc(Br)c(F)c2)ccc1[N+](=O)[O-]. The highest BCUT2D eigenvalue weighted by Gasteiger charge is 2.16. The highest BCUT2D eigenvalue weighted by molar-refractivity contribution is 9.10. The first-order chi connectivity index (χ1) is 10.0. The van der Waals surface area contributed by atoms with E-state index in [0.29, 0.717) is 10.2 Å². The molecule has 0 radical (unpaired) electrons. The van der Waals surface area contributed by atoms with Crippen LogP contribution in [0.15, 0.2) is 40.9 Å². The van der Waals surface area contributed by atoms with E-state index in [1.165, 1.54) is 30.3 Å². The zero-order valence-electron chi connectivity index (χ0n) is 11.0. The summed E-state index contributed by atoms with van der Waals surface area (Å²) in [6.07, 6.45) is 0. The molecule has 2 aromatic carbocycles. The minimum atomic E-state index is -0.534. The van der Waals surface area contributed by atoms with Gasteiger partial charge in [-0.15, -0.1) is 0 Å². The van der Waals surface area contributed by atoms with Gasteiger partial charge in [-0.2, -0.15) is 0 Å². The third kappa shape index (κ3) is 3.69. The van der Waals surface area contributed by atoms with Crippen LogP contribution in [0.4, 0.5) is 10.1 Å². The van der Waals surface area contributed by atoms with Gasteiger partial charge >= 0.3 is 5.69 Å². The van der Waals surface area contributed by atoms with Crippen LogP contribution in [0.2, 0.25) is 0 Å². The van der Waals surface area contributed by atoms with Crippen molar-refractivity contribution < 1.29 is 18.8 Å². The van der Waals surface area contributed by atoms with Crippen molar-refractivity contribution >= 4 is 21.6 Å². The van der Waals surface area contributed by atoms with E-state index in [1.54, 1.807) is 13.0 Å². The van der Waals surface area contributed by atoms with Gasteiger partial charge in [0.25, 0.3) is 0 Å². The normalized spacial score (nSPS) is 10.2. The van der Waals surface area contributed by atoms with E-state index < -0.39 is 10.7 Å². The van der Waals surface area contributed by atoms with Crippen LogP contribution in [0.25, 0.3) is 0 Å². The predicted octanol–water partition coefficient (Wildman–Crippen LogP) is 4.69. The fourth-order valence-electron chi connectivity index (χ4n) is 1.66. The van der Waals surface area contributed by atoms with Gasteiger partial charge in [-0.1, -0.05) is 0 Å². The molecule has 0 saturated carbocycles. The number of hydrogen-bond acceptors (Lipinski definition) is 4. The molecule has 0 saturated heterocycles. The molecule has 2 rings (SSSR count). The second-order valence-electron chi connectivity index (χ2n) is 4.00. The Kier molecular flexibility index (Phi) is 4.74. The van der Waals surface area contributed by atoms with Crippen LogP contribution in [0.1, 0.15) is 6.92 Å². The molecule has 0 amide bonds. The lowest BCUT2D eigenvalue weighted by Gasteiger charge is -2.09. The number of hydrogen-bond donors (Lipinski definition) is 0. The van der Waals surface area contributed by atoms with Crippen LogP contribution in [0.5, 0.6) is 17.2 Å². The van der Waals surface area contributed by atoms with Gasteiger partial charge in [-0.3, -0.25) is 10.1 Å². The van der Waals surface area contributed by atoms with E-state index in [4.69, 9.17) is 9.47 Å². The van der Waals surface area contributed by atoms with Crippen LogP contribution >= 0.6 is 15.9 Å². The molecule has 0 heterocycles. The standard InChI is InChI=1S/C14H11BrFNO4/c1-2-20-14-8-10(4-6-13(14)17(18)19)21-9-3-5-11(15)12(16)7-9/h3-8H,2H2,1H3. The van der Waals surface area contributed by atoms with E-state index in [9.17, 15) is 14.5 Å². The zero-order valence-corrected chi connectivity index (χ0v) is 12.6. The van der Waals surface area contributed by atoms with Crippen molar-refractivity contribution in [2.75, 3.05) is 6.61 Å². The summed E-state index contributed by atoms with van der Waals surface area (Å²) in [6.45, 7) is 2.01. The number of nitro benzene ring substituents is 1. The molecule has 0 atom stereocenters. The molecule has 0 fully saturated rings. The van der Waals surface area contributed by atoms with Gasteiger partial charge in [-0.05, 0) is 41.1 Å². The lowest BCUT2D eigenvalue weighted by Crippen LogP contribution is -1.98. The summed E-state index contributed by atoms with van der Waals surface area (Å²) in [7, 11) is 0. The Hall–Kier alpha value is -2.15. The van der Waals surface area contributed by atoms with Gasteiger partial charge in [0.2, 0.25) is 5.75 Å².